The van der Waals surface area contributed by atoms with Crippen molar-refractivity contribution in [3.8, 4) is 17.2 Å². The zero-order valence-corrected chi connectivity index (χ0v) is 16.4. The summed E-state index contributed by atoms with van der Waals surface area (Å²) in [4.78, 5) is 21.6. The van der Waals surface area contributed by atoms with Crippen molar-refractivity contribution >= 4 is 7.82 Å². The van der Waals surface area contributed by atoms with Crippen molar-refractivity contribution in [2.24, 2.45) is 5.92 Å². The maximum absolute atomic E-state index is 13.2. The van der Waals surface area contributed by atoms with Gasteiger partial charge in [0, 0.05) is 18.5 Å². The molecule has 0 radical (unpaired) electrons. The lowest BCUT2D eigenvalue weighted by Gasteiger charge is -2.32. The number of halogens is 1. The Kier molecular flexibility index (Phi) is 7.10. The summed E-state index contributed by atoms with van der Waals surface area (Å²) in [7, 11) is -4.64. The van der Waals surface area contributed by atoms with Gasteiger partial charge >= 0.3 is 7.82 Å². The Hall–Kier alpha value is -2.16. The van der Waals surface area contributed by atoms with Crippen molar-refractivity contribution in [3.05, 3.63) is 53.8 Å². The third-order valence-electron chi connectivity index (χ3n) is 4.71. The second-order valence-corrected chi connectivity index (χ2v) is 7.78. The largest absolute Gasteiger partial charge is 0.493 e. The van der Waals surface area contributed by atoms with Crippen molar-refractivity contribution in [1.29, 1.82) is 0 Å². The van der Waals surface area contributed by atoms with Gasteiger partial charge in [-0.3, -0.25) is 0 Å². The van der Waals surface area contributed by atoms with Crippen LogP contribution in [0.25, 0.3) is 0 Å². The Morgan fingerprint density at radius 1 is 1.10 bits per heavy atom. The van der Waals surface area contributed by atoms with Crippen molar-refractivity contribution < 1.29 is 37.8 Å². The molecule has 1 fully saturated rings. The first-order valence-corrected chi connectivity index (χ1v) is 10.6. The first-order valence-electron chi connectivity index (χ1n) is 9.06. The van der Waals surface area contributed by atoms with Crippen molar-refractivity contribution in [1.82, 2.24) is 5.32 Å². The summed E-state index contributed by atoms with van der Waals surface area (Å²) < 4.78 is 38.7. The van der Waals surface area contributed by atoms with E-state index in [0.29, 0.717) is 18.4 Å². The van der Waals surface area contributed by atoms with Gasteiger partial charge in [0.1, 0.15) is 11.6 Å². The van der Waals surface area contributed by atoms with Gasteiger partial charge in [0.25, 0.3) is 0 Å². The fraction of sp³-hybridized carbons (Fsp3) is 0.368. The van der Waals surface area contributed by atoms with Crippen molar-refractivity contribution in [2.45, 2.75) is 12.3 Å². The number of fused-ring (bicyclic) bond motifs is 1. The molecule has 2 aromatic carbocycles. The molecule has 2 heterocycles. The van der Waals surface area contributed by atoms with E-state index in [1.54, 1.807) is 0 Å². The van der Waals surface area contributed by atoms with E-state index in [4.69, 9.17) is 33.5 Å². The molecule has 2 atom stereocenters. The number of benzene rings is 2. The van der Waals surface area contributed by atoms with Gasteiger partial charge in [-0.05, 0) is 48.7 Å². The van der Waals surface area contributed by atoms with Gasteiger partial charge in [-0.25, -0.2) is 8.96 Å². The lowest BCUT2D eigenvalue weighted by molar-refractivity contribution is 0.173. The maximum atomic E-state index is 13.2. The second kappa shape index (κ2) is 9.56. The average Bonchev–Trinajstić information content (AvgIpc) is 3.14. The van der Waals surface area contributed by atoms with Gasteiger partial charge < -0.3 is 34.2 Å². The molecule has 0 spiro atoms. The fourth-order valence-corrected chi connectivity index (χ4v) is 3.42. The SMILES string of the molecule is Fc1ccc([C@@H]2CCNC[C@H]2COc2ccc3c(c2)OCO3)cc1.O=P(O)(O)O. The van der Waals surface area contributed by atoms with Crippen LogP contribution in [0.4, 0.5) is 4.39 Å². The normalized spacial score (nSPS) is 20.6. The molecule has 0 aliphatic carbocycles. The zero-order chi connectivity index (χ0) is 20.9. The van der Waals surface area contributed by atoms with Crippen LogP contribution < -0.4 is 19.5 Å². The fourth-order valence-electron chi connectivity index (χ4n) is 3.42. The molecule has 158 valence electrons. The van der Waals surface area contributed by atoms with Crippen LogP contribution in [0.1, 0.15) is 17.9 Å². The van der Waals surface area contributed by atoms with Crippen molar-refractivity contribution in [3.63, 3.8) is 0 Å². The Bertz CT molecular complexity index is 850. The number of rotatable bonds is 4. The van der Waals surface area contributed by atoms with Gasteiger partial charge in [-0.1, -0.05) is 12.1 Å². The zero-order valence-electron chi connectivity index (χ0n) is 15.5. The average molecular weight is 427 g/mol. The highest BCUT2D eigenvalue weighted by atomic mass is 31.2. The molecule has 0 unspecified atom stereocenters. The molecule has 0 amide bonds. The third-order valence-corrected chi connectivity index (χ3v) is 4.71. The molecule has 2 aliphatic rings. The maximum Gasteiger partial charge on any atom is 0.466 e. The van der Waals surface area contributed by atoms with Crippen LogP contribution in [0.3, 0.4) is 0 Å². The first kappa shape index (κ1) is 21.5. The third kappa shape index (κ3) is 6.69. The Labute approximate surface area is 167 Å². The minimum absolute atomic E-state index is 0.194. The van der Waals surface area contributed by atoms with Crippen LogP contribution in [0.15, 0.2) is 42.5 Å². The van der Waals surface area contributed by atoms with E-state index in [0.717, 1.165) is 36.8 Å². The van der Waals surface area contributed by atoms with Crippen LogP contribution in [0.2, 0.25) is 0 Å². The molecule has 10 heteroatoms. The van der Waals surface area contributed by atoms with Gasteiger partial charge in [0.2, 0.25) is 6.79 Å². The predicted molar refractivity (Wildman–Crippen MR) is 102 cm³/mol. The summed E-state index contributed by atoms with van der Waals surface area (Å²) in [5.74, 6) is 2.79. The van der Waals surface area contributed by atoms with E-state index in [9.17, 15) is 4.39 Å². The molecule has 4 rings (SSSR count). The Morgan fingerprint density at radius 2 is 1.79 bits per heavy atom. The minimum atomic E-state index is -4.64. The molecule has 4 N–H and O–H groups in total. The highest BCUT2D eigenvalue weighted by Crippen LogP contribution is 2.36. The summed E-state index contributed by atoms with van der Waals surface area (Å²) in [6, 6.07) is 12.5. The molecule has 1 saturated heterocycles. The number of phosphoric acid groups is 1. The molecule has 2 aliphatic heterocycles. The van der Waals surface area contributed by atoms with E-state index in [2.05, 4.69) is 5.32 Å². The van der Waals surface area contributed by atoms with Gasteiger partial charge in [0.05, 0.1) is 6.61 Å². The molecular formula is C19H23FNO7P. The summed E-state index contributed by atoms with van der Waals surface area (Å²) in [6.45, 7) is 2.74. The lowest BCUT2D eigenvalue weighted by atomic mass is 9.81. The Balaban J connectivity index is 0.000000431. The van der Waals surface area contributed by atoms with E-state index < -0.39 is 7.82 Å². The number of piperidine rings is 1. The molecule has 29 heavy (non-hydrogen) atoms. The predicted octanol–water partition coefficient (Wildman–Crippen LogP) is 2.40. The number of hydrogen-bond acceptors (Lipinski definition) is 5. The molecule has 2 aromatic rings. The topological polar surface area (TPSA) is 117 Å². The number of hydrogen-bond donors (Lipinski definition) is 4. The second-order valence-electron chi connectivity index (χ2n) is 6.75. The van der Waals surface area contributed by atoms with E-state index in [1.807, 2.05) is 30.3 Å². The van der Waals surface area contributed by atoms with Crippen LogP contribution in [0.5, 0.6) is 17.2 Å². The summed E-state index contributed by atoms with van der Waals surface area (Å²) in [5.41, 5.74) is 1.18. The van der Waals surface area contributed by atoms with Crippen LogP contribution in [-0.4, -0.2) is 41.2 Å². The van der Waals surface area contributed by atoms with E-state index >= 15 is 0 Å². The van der Waals surface area contributed by atoms with Gasteiger partial charge in [-0.15, -0.1) is 0 Å². The molecule has 0 bridgehead atoms. The highest BCUT2D eigenvalue weighted by molar-refractivity contribution is 7.45. The summed E-state index contributed by atoms with van der Waals surface area (Å²) in [5, 5.41) is 3.43. The van der Waals surface area contributed by atoms with Gasteiger partial charge in [0.15, 0.2) is 11.5 Å². The molecule has 0 saturated carbocycles. The van der Waals surface area contributed by atoms with Crippen LogP contribution in [0, 0.1) is 11.7 Å². The molecule has 8 nitrogen and oxygen atoms in total. The van der Waals surface area contributed by atoms with Crippen LogP contribution in [-0.2, 0) is 4.57 Å². The molecular weight excluding hydrogens is 404 g/mol. The number of ether oxygens (including phenoxy) is 3. The summed E-state index contributed by atoms with van der Waals surface area (Å²) >= 11 is 0. The smallest absolute Gasteiger partial charge is 0.466 e. The Morgan fingerprint density at radius 3 is 2.52 bits per heavy atom. The van der Waals surface area contributed by atoms with Crippen molar-refractivity contribution in [2.75, 3.05) is 26.5 Å². The molecule has 0 aromatic heterocycles. The first-order chi connectivity index (χ1) is 13.8. The quantitative estimate of drug-likeness (QED) is 0.550. The highest BCUT2D eigenvalue weighted by Gasteiger charge is 2.27. The van der Waals surface area contributed by atoms with Gasteiger partial charge in [-0.2, -0.15) is 0 Å². The van der Waals surface area contributed by atoms with Crippen LogP contribution >= 0.6 is 7.82 Å². The lowest BCUT2D eigenvalue weighted by Crippen LogP contribution is -2.38. The minimum Gasteiger partial charge on any atom is -0.493 e. The monoisotopic (exact) mass is 427 g/mol. The summed E-state index contributed by atoms with van der Waals surface area (Å²) in [6.07, 6.45) is 1.03. The van der Waals surface area contributed by atoms with E-state index in [1.165, 1.54) is 17.7 Å². The number of nitrogens with one attached hydrogen (secondary N) is 1. The van der Waals surface area contributed by atoms with E-state index in [-0.39, 0.29) is 12.6 Å². The standard InChI is InChI=1S/C19H20FNO3.H3O4P/c20-15-3-1-13(2-4-15)17-7-8-21-10-14(17)11-22-16-5-6-18-19(9-16)24-12-23-18;1-5(2,3)4/h1-6,9,14,17,21H,7-8,10-12H2;(H3,1,2,3,4)/t14-,17-;/m0./s1.